The lowest BCUT2D eigenvalue weighted by Crippen LogP contribution is -2.28. The summed E-state index contributed by atoms with van der Waals surface area (Å²) in [5.74, 6) is -0.856. The first-order valence-electron chi connectivity index (χ1n) is 4.55. The molecule has 0 saturated heterocycles. The molecule has 0 aliphatic heterocycles. The molecule has 5 nitrogen and oxygen atoms in total. The topological polar surface area (TPSA) is 61.8 Å². The third-order valence-electron chi connectivity index (χ3n) is 1.34. The zero-order chi connectivity index (χ0) is 11.7. The molecule has 0 aromatic rings. The number of rotatable bonds is 7. The number of hydrogen-bond donors (Lipinski definition) is 0. The summed E-state index contributed by atoms with van der Waals surface area (Å²) in [6, 6.07) is 0. The van der Waals surface area contributed by atoms with Crippen LogP contribution in [-0.4, -0.2) is 37.9 Å². The van der Waals surface area contributed by atoms with Crippen LogP contribution in [0.15, 0.2) is 12.7 Å². The molecule has 15 heavy (non-hydrogen) atoms. The minimum Gasteiger partial charge on any atom is -0.462 e. The molecule has 0 rings (SSSR count). The predicted octanol–water partition coefficient (Wildman–Crippen LogP) is 0.684. The fraction of sp³-hybridized carbons (Fsp3) is 0.600. The molecule has 0 bridgehead atoms. The Morgan fingerprint density at radius 1 is 1.27 bits per heavy atom. The van der Waals surface area contributed by atoms with Gasteiger partial charge >= 0.3 is 11.9 Å². The molecule has 0 amide bonds. The molecule has 0 heterocycles. The van der Waals surface area contributed by atoms with Crippen molar-refractivity contribution in [2.45, 2.75) is 20.0 Å². The lowest BCUT2D eigenvalue weighted by atomic mass is 10.4. The summed E-state index contributed by atoms with van der Waals surface area (Å²) >= 11 is 0. The molecule has 0 aromatic heterocycles. The Hall–Kier alpha value is -1.36. The summed E-state index contributed by atoms with van der Waals surface area (Å²) in [6.45, 7) is 6.59. The van der Waals surface area contributed by atoms with Gasteiger partial charge in [0.1, 0.15) is 6.61 Å². The standard InChI is InChI=1S/C10H16O5/c1-4-5-13-6-10(15-9(3)12)7-14-8(2)11/h4,10H,1,5-7H2,2-3H3/t10-/m1/s1. The summed E-state index contributed by atoms with van der Waals surface area (Å²) in [5.41, 5.74) is 0. The quantitative estimate of drug-likeness (QED) is 0.356. The van der Waals surface area contributed by atoms with Crippen LogP contribution >= 0.6 is 0 Å². The second-order valence-electron chi connectivity index (χ2n) is 2.86. The van der Waals surface area contributed by atoms with Gasteiger partial charge in [-0.2, -0.15) is 0 Å². The van der Waals surface area contributed by atoms with Crippen molar-refractivity contribution in [2.24, 2.45) is 0 Å². The smallest absolute Gasteiger partial charge is 0.303 e. The lowest BCUT2D eigenvalue weighted by Gasteiger charge is -2.16. The van der Waals surface area contributed by atoms with E-state index in [0.717, 1.165) is 0 Å². The molecule has 0 aromatic carbocycles. The van der Waals surface area contributed by atoms with Crippen molar-refractivity contribution in [3.05, 3.63) is 12.7 Å². The molecule has 86 valence electrons. The molecule has 5 heteroatoms. The Morgan fingerprint density at radius 2 is 1.93 bits per heavy atom. The Morgan fingerprint density at radius 3 is 2.40 bits per heavy atom. The van der Waals surface area contributed by atoms with Crippen LogP contribution in [0.3, 0.4) is 0 Å². The van der Waals surface area contributed by atoms with Crippen LogP contribution in [0, 0.1) is 0 Å². The van der Waals surface area contributed by atoms with E-state index in [1.807, 2.05) is 0 Å². The normalized spacial score (nSPS) is 11.6. The van der Waals surface area contributed by atoms with Crippen LogP contribution in [0.4, 0.5) is 0 Å². The van der Waals surface area contributed by atoms with Crippen LogP contribution in [-0.2, 0) is 23.8 Å². The van der Waals surface area contributed by atoms with Gasteiger partial charge in [-0.1, -0.05) is 6.08 Å². The minimum atomic E-state index is -0.564. The SMILES string of the molecule is C=CCOC[C@H](COC(C)=O)OC(C)=O. The fourth-order valence-corrected chi connectivity index (χ4v) is 0.844. The van der Waals surface area contributed by atoms with Crippen LogP contribution < -0.4 is 0 Å². The number of ether oxygens (including phenoxy) is 3. The largest absolute Gasteiger partial charge is 0.462 e. The molecule has 0 unspecified atom stereocenters. The van der Waals surface area contributed by atoms with E-state index < -0.39 is 18.0 Å². The Balaban J connectivity index is 3.88. The van der Waals surface area contributed by atoms with E-state index in [1.54, 1.807) is 6.08 Å². The van der Waals surface area contributed by atoms with Crippen molar-refractivity contribution in [1.82, 2.24) is 0 Å². The van der Waals surface area contributed by atoms with Crippen LogP contribution in [0.2, 0.25) is 0 Å². The Labute approximate surface area is 89.0 Å². The summed E-state index contributed by atoms with van der Waals surface area (Å²) in [4.78, 5) is 21.2. The number of hydrogen-bond acceptors (Lipinski definition) is 5. The molecular weight excluding hydrogens is 200 g/mol. The first kappa shape index (κ1) is 13.6. The van der Waals surface area contributed by atoms with Gasteiger partial charge in [0, 0.05) is 13.8 Å². The van der Waals surface area contributed by atoms with Crippen molar-refractivity contribution in [3.8, 4) is 0 Å². The Kier molecular flexibility index (Phi) is 7.27. The highest BCUT2D eigenvalue weighted by Gasteiger charge is 2.13. The highest BCUT2D eigenvalue weighted by Crippen LogP contribution is 1.96. The van der Waals surface area contributed by atoms with Gasteiger partial charge in [0.05, 0.1) is 13.2 Å². The fourth-order valence-electron chi connectivity index (χ4n) is 0.844. The van der Waals surface area contributed by atoms with E-state index >= 15 is 0 Å². The number of carbonyl (C=O) groups excluding carboxylic acids is 2. The molecule has 0 aliphatic carbocycles. The third kappa shape index (κ3) is 8.96. The molecule has 0 saturated carbocycles. The first-order valence-corrected chi connectivity index (χ1v) is 4.55. The maximum atomic E-state index is 10.7. The van der Waals surface area contributed by atoms with Gasteiger partial charge in [0.2, 0.25) is 0 Å². The van der Waals surface area contributed by atoms with Gasteiger partial charge in [-0.05, 0) is 0 Å². The second kappa shape index (κ2) is 7.99. The second-order valence-corrected chi connectivity index (χ2v) is 2.86. The van der Waals surface area contributed by atoms with Crippen molar-refractivity contribution in [1.29, 1.82) is 0 Å². The zero-order valence-corrected chi connectivity index (χ0v) is 9.02. The van der Waals surface area contributed by atoms with Crippen molar-refractivity contribution in [2.75, 3.05) is 19.8 Å². The highest BCUT2D eigenvalue weighted by molar-refractivity contribution is 5.67. The summed E-state index contributed by atoms with van der Waals surface area (Å²) in [5, 5.41) is 0. The Bertz CT molecular complexity index is 224. The molecular formula is C10H16O5. The van der Waals surface area contributed by atoms with Crippen LogP contribution in [0.1, 0.15) is 13.8 Å². The van der Waals surface area contributed by atoms with Crippen molar-refractivity contribution in [3.63, 3.8) is 0 Å². The maximum absolute atomic E-state index is 10.7. The average Bonchev–Trinajstić information content (AvgIpc) is 2.13. The van der Waals surface area contributed by atoms with Crippen molar-refractivity contribution < 1.29 is 23.8 Å². The van der Waals surface area contributed by atoms with E-state index in [9.17, 15) is 9.59 Å². The molecule has 0 N–H and O–H groups in total. The number of carbonyl (C=O) groups is 2. The van der Waals surface area contributed by atoms with Crippen LogP contribution in [0.5, 0.6) is 0 Å². The molecule has 1 atom stereocenters. The molecule has 0 aliphatic rings. The predicted molar refractivity (Wildman–Crippen MR) is 53.2 cm³/mol. The summed E-state index contributed by atoms with van der Waals surface area (Å²) in [6.07, 6.45) is 1.02. The van der Waals surface area contributed by atoms with Gasteiger partial charge in [0.15, 0.2) is 6.10 Å². The van der Waals surface area contributed by atoms with E-state index in [4.69, 9.17) is 14.2 Å². The van der Waals surface area contributed by atoms with Gasteiger partial charge < -0.3 is 14.2 Å². The summed E-state index contributed by atoms with van der Waals surface area (Å²) < 4.78 is 14.7. The molecule has 0 spiro atoms. The zero-order valence-electron chi connectivity index (χ0n) is 9.02. The highest BCUT2D eigenvalue weighted by atomic mass is 16.6. The van der Waals surface area contributed by atoms with E-state index in [-0.39, 0.29) is 13.2 Å². The van der Waals surface area contributed by atoms with Gasteiger partial charge in [-0.3, -0.25) is 9.59 Å². The van der Waals surface area contributed by atoms with E-state index in [1.165, 1.54) is 13.8 Å². The maximum Gasteiger partial charge on any atom is 0.303 e. The van der Waals surface area contributed by atoms with Gasteiger partial charge in [0.25, 0.3) is 0 Å². The third-order valence-corrected chi connectivity index (χ3v) is 1.34. The van der Waals surface area contributed by atoms with Gasteiger partial charge in [-0.15, -0.1) is 6.58 Å². The van der Waals surface area contributed by atoms with E-state index in [2.05, 4.69) is 6.58 Å². The van der Waals surface area contributed by atoms with Crippen LogP contribution in [0.25, 0.3) is 0 Å². The van der Waals surface area contributed by atoms with Gasteiger partial charge in [-0.25, -0.2) is 0 Å². The van der Waals surface area contributed by atoms with Crippen molar-refractivity contribution >= 4 is 11.9 Å². The van der Waals surface area contributed by atoms with E-state index in [0.29, 0.717) is 6.61 Å². The molecule has 0 radical (unpaired) electrons. The number of esters is 2. The first-order chi connectivity index (χ1) is 7.06. The summed E-state index contributed by atoms with van der Waals surface area (Å²) in [7, 11) is 0. The monoisotopic (exact) mass is 216 g/mol. The minimum absolute atomic E-state index is 0.00601. The lowest BCUT2D eigenvalue weighted by molar-refractivity contribution is -0.159. The average molecular weight is 216 g/mol. The molecule has 0 fully saturated rings.